The third-order valence-electron chi connectivity index (χ3n) is 3.35. The molecule has 2 aliphatic rings. The summed E-state index contributed by atoms with van der Waals surface area (Å²) >= 11 is 0. The van der Waals surface area contributed by atoms with Crippen LogP contribution in [0.5, 0.6) is 0 Å². The van der Waals surface area contributed by atoms with Gasteiger partial charge in [0.1, 0.15) is 0 Å². The topological polar surface area (TPSA) is 24.5 Å². The number of hydrogen-bond acceptors (Lipinski definition) is 3. The molecule has 0 radical (unpaired) electrons. The Morgan fingerprint density at radius 1 is 1.25 bits per heavy atom. The highest BCUT2D eigenvalue weighted by Gasteiger charge is 2.33. The van der Waals surface area contributed by atoms with Crippen LogP contribution in [0.25, 0.3) is 0 Å². The van der Waals surface area contributed by atoms with E-state index in [4.69, 9.17) is 4.74 Å². The van der Waals surface area contributed by atoms with Crippen molar-refractivity contribution in [2.75, 3.05) is 26.2 Å². The fourth-order valence-corrected chi connectivity index (χ4v) is 2.35. The summed E-state index contributed by atoms with van der Waals surface area (Å²) in [4.78, 5) is 2.64. The lowest BCUT2D eigenvalue weighted by Gasteiger charge is -2.21. The minimum absolute atomic E-state index is 0.00258. The first-order chi connectivity index (χ1) is 7.54. The summed E-state index contributed by atoms with van der Waals surface area (Å²) in [6, 6.07) is 1.63. The average Bonchev–Trinajstić information content (AvgIpc) is 2.93. The van der Waals surface area contributed by atoms with Crippen molar-refractivity contribution in [2.45, 2.75) is 57.7 Å². The predicted molar refractivity (Wildman–Crippen MR) is 66.7 cm³/mol. The van der Waals surface area contributed by atoms with Crippen LogP contribution in [-0.2, 0) is 4.74 Å². The molecule has 1 aliphatic carbocycles. The first-order valence-corrected chi connectivity index (χ1v) is 6.66. The van der Waals surface area contributed by atoms with Crippen LogP contribution in [0.15, 0.2) is 0 Å². The normalized spacial score (nSPS) is 27.6. The summed E-state index contributed by atoms with van der Waals surface area (Å²) in [6.07, 6.45) is 4.17. The second-order valence-corrected chi connectivity index (χ2v) is 6.13. The highest BCUT2D eigenvalue weighted by atomic mass is 16.5. The van der Waals surface area contributed by atoms with Crippen molar-refractivity contribution in [1.82, 2.24) is 10.2 Å². The van der Waals surface area contributed by atoms with E-state index in [-0.39, 0.29) is 5.60 Å². The van der Waals surface area contributed by atoms with Gasteiger partial charge in [-0.3, -0.25) is 4.90 Å². The Bertz CT molecular complexity index is 220. The van der Waals surface area contributed by atoms with E-state index in [9.17, 15) is 0 Å². The zero-order valence-corrected chi connectivity index (χ0v) is 11.0. The van der Waals surface area contributed by atoms with Gasteiger partial charge in [-0.2, -0.15) is 0 Å². The highest BCUT2D eigenvalue weighted by molar-refractivity contribution is 4.91. The third kappa shape index (κ3) is 4.04. The van der Waals surface area contributed by atoms with E-state index in [1.807, 2.05) is 0 Å². The zero-order valence-electron chi connectivity index (χ0n) is 11.0. The van der Waals surface area contributed by atoms with Crippen LogP contribution in [-0.4, -0.2) is 48.8 Å². The van der Waals surface area contributed by atoms with Crippen molar-refractivity contribution in [1.29, 1.82) is 0 Å². The lowest BCUT2D eigenvalue weighted by molar-refractivity contribution is -0.00154. The Morgan fingerprint density at radius 2 is 2.00 bits per heavy atom. The van der Waals surface area contributed by atoms with Gasteiger partial charge in [0.05, 0.1) is 12.2 Å². The largest absolute Gasteiger partial charge is 0.375 e. The molecule has 0 aromatic carbocycles. The maximum atomic E-state index is 5.70. The number of ether oxygens (including phenoxy) is 1. The van der Waals surface area contributed by atoms with Crippen molar-refractivity contribution >= 4 is 0 Å². The maximum Gasteiger partial charge on any atom is 0.0599 e. The van der Waals surface area contributed by atoms with Gasteiger partial charge in [0.25, 0.3) is 0 Å². The number of nitrogens with zero attached hydrogens (tertiary/aromatic N) is 1. The standard InChI is InChI=1S/C13H26N2O/c1-13(2,3)16-9-7-14-11-6-8-15(10-11)12-4-5-12/h11-12,14H,4-10H2,1-3H3. The van der Waals surface area contributed by atoms with Gasteiger partial charge in [-0.25, -0.2) is 0 Å². The van der Waals surface area contributed by atoms with Gasteiger partial charge in [0.2, 0.25) is 0 Å². The van der Waals surface area contributed by atoms with E-state index < -0.39 is 0 Å². The minimum Gasteiger partial charge on any atom is -0.375 e. The van der Waals surface area contributed by atoms with Gasteiger partial charge in [-0.05, 0) is 40.0 Å². The number of hydrogen-bond donors (Lipinski definition) is 1. The molecule has 0 aromatic heterocycles. The molecule has 1 saturated heterocycles. The van der Waals surface area contributed by atoms with Crippen LogP contribution < -0.4 is 5.32 Å². The quantitative estimate of drug-likeness (QED) is 0.721. The molecule has 1 unspecified atom stereocenters. The van der Waals surface area contributed by atoms with Crippen molar-refractivity contribution in [3.05, 3.63) is 0 Å². The minimum atomic E-state index is -0.00258. The number of likely N-dealkylation sites (tertiary alicyclic amines) is 1. The summed E-state index contributed by atoms with van der Waals surface area (Å²) in [5.74, 6) is 0. The third-order valence-corrected chi connectivity index (χ3v) is 3.35. The summed E-state index contributed by atoms with van der Waals surface area (Å²) in [7, 11) is 0. The number of nitrogens with one attached hydrogen (secondary N) is 1. The van der Waals surface area contributed by atoms with E-state index in [1.54, 1.807) is 0 Å². The lowest BCUT2D eigenvalue weighted by atomic mass is 10.2. The average molecular weight is 226 g/mol. The van der Waals surface area contributed by atoms with Crippen LogP contribution >= 0.6 is 0 Å². The monoisotopic (exact) mass is 226 g/mol. The summed E-state index contributed by atoms with van der Waals surface area (Å²) in [6.45, 7) is 10.7. The van der Waals surface area contributed by atoms with Crippen LogP contribution in [0.2, 0.25) is 0 Å². The van der Waals surface area contributed by atoms with E-state index in [0.29, 0.717) is 6.04 Å². The molecule has 0 aromatic rings. The molecule has 2 rings (SSSR count). The smallest absolute Gasteiger partial charge is 0.0599 e. The molecule has 1 aliphatic heterocycles. The molecule has 0 amide bonds. The van der Waals surface area contributed by atoms with Gasteiger partial charge in [-0.15, -0.1) is 0 Å². The van der Waals surface area contributed by atoms with Gasteiger partial charge in [0.15, 0.2) is 0 Å². The van der Waals surface area contributed by atoms with Crippen LogP contribution in [0.4, 0.5) is 0 Å². The molecule has 0 spiro atoms. The molecular formula is C13H26N2O. The maximum absolute atomic E-state index is 5.70. The molecule has 1 N–H and O–H groups in total. The molecule has 94 valence electrons. The molecule has 16 heavy (non-hydrogen) atoms. The van der Waals surface area contributed by atoms with Crippen molar-refractivity contribution in [3.8, 4) is 0 Å². The van der Waals surface area contributed by atoms with Gasteiger partial charge in [0, 0.05) is 31.7 Å². The fourth-order valence-electron chi connectivity index (χ4n) is 2.35. The second kappa shape index (κ2) is 5.03. The highest BCUT2D eigenvalue weighted by Crippen LogP contribution is 2.29. The molecule has 0 bridgehead atoms. The molecule has 2 fully saturated rings. The molecule has 1 saturated carbocycles. The Labute approximate surface area is 99.5 Å². The van der Waals surface area contributed by atoms with E-state index in [2.05, 4.69) is 31.0 Å². The molecule has 3 nitrogen and oxygen atoms in total. The Kier molecular flexibility index (Phi) is 3.88. The Morgan fingerprint density at radius 3 is 2.62 bits per heavy atom. The molecule has 1 heterocycles. The van der Waals surface area contributed by atoms with Gasteiger partial charge >= 0.3 is 0 Å². The first-order valence-electron chi connectivity index (χ1n) is 6.66. The summed E-state index contributed by atoms with van der Waals surface area (Å²) < 4.78 is 5.70. The Hall–Kier alpha value is -0.120. The Balaban J connectivity index is 1.54. The van der Waals surface area contributed by atoms with Crippen molar-refractivity contribution in [2.24, 2.45) is 0 Å². The fraction of sp³-hybridized carbons (Fsp3) is 1.00. The first kappa shape index (κ1) is 12.3. The van der Waals surface area contributed by atoms with Crippen LogP contribution in [0.1, 0.15) is 40.0 Å². The molecule has 3 heteroatoms. The van der Waals surface area contributed by atoms with E-state index in [1.165, 1.54) is 32.4 Å². The van der Waals surface area contributed by atoms with Crippen LogP contribution in [0, 0.1) is 0 Å². The molecule has 1 atom stereocenters. The van der Waals surface area contributed by atoms with Gasteiger partial charge < -0.3 is 10.1 Å². The van der Waals surface area contributed by atoms with Gasteiger partial charge in [-0.1, -0.05) is 0 Å². The summed E-state index contributed by atoms with van der Waals surface area (Å²) in [5.41, 5.74) is -0.00258. The van der Waals surface area contributed by atoms with Crippen molar-refractivity contribution < 1.29 is 4.74 Å². The zero-order chi connectivity index (χ0) is 11.6. The molecular weight excluding hydrogens is 200 g/mol. The van der Waals surface area contributed by atoms with E-state index in [0.717, 1.165) is 19.2 Å². The number of rotatable bonds is 5. The SMILES string of the molecule is CC(C)(C)OCCNC1CCN(C2CC2)C1. The van der Waals surface area contributed by atoms with Crippen LogP contribution in [0.3, 0.4) is 0 Å². The van der Waals surface area contributed by atoms with Crippen molar-refractivity contribution in [3.63, 3.8) is 0 Å². The second-order valence-electron chi connectivity index (χ2n) is 6.13. The predicted octanol–water partition coefficient (Wildman–Crippen LogP) is 1.63. The lowest BCUT2D eigenvalue weighted by Crippen LogP contribution is -2.36. The summed E-state index contributed by atoms with van der Waals surface area (Å²) in [5, 5.41) is 3.60. The van der Waals surface area contributed by atoms with E-state index >= 15 is 0 Å².